The van der Waals surface area contributed by atoms with Crippen LogP contribution in [0.3, 0.4) is 0 Å². The first-order chi connectivity index (χ1) is 9.70. The minimum Gasteiger partial charge on any atom is -0.396 e. The van der Waals surface area contributed by atoms with Gasteiger partial charge < -0.3 is 10.4 Å². The molecule has 2 rings (SSSR count). The molecular formula is C18H23NO. The van der Waals surface area contributed by atoms with Crippen LogP contribution in [0.1, 0.15) is 36.1 Å². The number of rotatable bonds is 6. The molecule has 0 aliphatic carbocycles. The van der Waals surface area contributed by atoms with Crippen LogP contribution in [0.4, 0.5) is 5.69 Å². The summed E-state index contributed by atoms with van der Waals surface area (Å²) in [5.74, 6) is 0. The first-order valence-electron chi connectivity index (χ1n) is 7.22. The average Bonchev–Trinajstić information content (AvgIpc) is 2.46. The molecule has 1 atom stereocenters. The normalized spacial score (nSPS) is 12.2. The smallest absolute Gasteiger partial charge is 0.0488 e. The molecule has 2 aromatic carbocycles. The summed E-state index contributed by atoms with van der Waals surface area (Å²) in [6.45, 7) is 4.57. The van der Waals surface area contributed by atoms with Crippen LogP contribution in [0.5, 0.6) is 0 Å². The summed E-state index contributed by atoms with van der Waals surface area (Å²) >= 11 is 0. The highest BCUT2D eigenvalue weighted by Gasteiger charge is 2.07. The van der Waals surface area contributed by atoms with Crippen LogP contribution in [-0.4, -0.2) is 11.7 Å². The van der Waals surface area contributed by atoms with Gasteiger partial charge in [0.1, 0.15) is 0 Å². The molecule has 1 unspecified atom stereocenters. The Balaban J connectivity index is 2.08. The van der Waals surface area contributed by atoms with E-state index in [1.807, 2.05) is 0 Å². The molecule has 0 bridgehead atoms. The van der Waals surface area contributed by atoms with Gasteiger partial charge in [-0.3, -0.25) is 0 Å². The van der Waals surface area contributed by atoms with Gasteiger partial charge >= 0.3 is 0 Å². The predicted octanol–water partition coefficient (Wildman–Crippen LogP) is 4.09. The summed E-state index contributed by atoms with van der Waals surface area (Å²) in [5.41, 5.74) is 5.04. The third-order valence-electron chi connectivity index (χ3n) is 3.59. The van der Waals surface area contributed by atoms with Crippen molar-refractivity contribution < 1.29 is 5.11 Å². The number of anilines is 1. The fourth-order valence-electron chi connectivity index (χ4n) is 2.50. The van der Waals surface area contributed by atoms with Gasteiger partial charge in [-0.15, -0.1) is 0 Å². The van der Waals surface area contributed by atoms with Crippen LogP contribution in [0.25, 0.3) is 0 Å². The summed E-state index contributed by atoms with van der Waals surface area (Å²) in [5, 5.41) is 12.5. The standard InChI is InChI=1S/C18H23NO/c1-14-7-3-4-11-18(14)15(2)19-17-10-5-8-16(13-17)9-6-12-20/h3-5,7-8,10-11,13,15,19-20H,6,9,12H2,1-2H3. The molecule has 2 heteroatoms. The lowest BCUT2D eigenvalue weighted by Gasteiger charge is -2.18. The van der Waals surface area contributed by atoms with Crippen molar-refractivity contribution in [1.82, 2.24) is 0 Å². The molecule has 2 nitrogen and oxygen atoms in total. The van der Waals surface area contributed by atoms with Gasteiger partial charge in [0, 0.05) is 18.3 Å². The number of hydrogen-bond acceptors (Lipinski definition) is 2. The molecule has 0 spiro atoms. The number of aliphatic hydroxyl groups is 1. The number of benzene rings is 2. The van der Waals surface area contributed by atoms with Gasteiger partial charge in [-0.25, -0.2) is 0 Å². The molecule has 0 amide bonds. The molecule has 20 heavy (non-hydrogen) atoms. The lowest BCUT2D eigenvalue weighted by atomic mass is 10.0. The maximum atomic E-state index is 8.91. The van der Waals surface area contributed by atoms with Crippen molar-refractivity contribution in [3.63, 3.8) is 0 Å². The molecule has 0 fully saturated rings. The molecule has 106 valence electrons. The van der Waals surface area contributed by atoms with E-state index in [2.05, 4.69) is 67.7 Å². The van der Waals surface area contributed by atoms with Crippen molar-refractivity contribution in [3.05, 3.63) is 65.2 Å². The fourth-order valence-corrected chi connectivity index (χ4v) is 2.50. The monoisotopic (exact) mass is 269 g/mol. The fraction of sp³-hybridized carbons (Fsp3) is 0.333. The van der Waals surface area contributed by atoms with Gasteiger partial charge in [-0.1, -0.05) is 36.4 Å². The Kier molecular flexibility index (Phi) is 5.19. The van der Waals surface area contributed by atoms with Crippen molar-refractivity contribution in [2.24, 2.45) is 0 Å². The number of hydrogen-bond donors (Lipinski definition) is 2. The number of aryl methyl sites for hydroxylation is 2. The molecule has 0 aromatic heterocycles. The topological polar surface area (TPSA) is 32.3 Å². The van der Waals surface area contributed by atoms with Crippen LogP contribution in [0.2, 0.25) is 0 Å². The third kappa shape index (κ3) is 3.84. The van der Waals surface area contributed by atoms with E-state index in [0.29, 0.717) is 0 Å². The Morgan fingerprint density at radius 3 is 2.65 bits per heavy atom. The van der Waals surface area contributed by atoms with E-state index < -0.39 is 0 Å². The summed E-state index contributed by atoms with van der Waals surface area (Å²) in [6.07, 6.45) is 1.74. The van der Waals surface area contributed by atoms with Gasteiger partial charge in [0.15, 0.2) is 0 Å². The highest BCUT2D eigenvalue weighted by molar-refractivity contribution is 5.48. The second-order valence-corrected chi connectivity index (χ2v) is 5.25. The Bertz CT molecular complexity index is 551. The summed E-state index contributed by atoms with van der Waals surface area (Å²) < 4.78 is 0. The first kappa shape index (κ1) is 14.6. The Morgan fingerprint density at radius 1 is 1.10 bits per heavy atom. The lowest BCUT2D eigenvalue weighted by Crippen LogP contribution is -2.08. The summed E-state index contributed by atoms with van der Waals surface area (Å²) in [7, 11) is 0. The van der Waals surface area contributed by atoms with E-state index in [1.54, 1.807) is 0 Å². The molecule has 0 saturated heterocycles. The maximum absolute atomic E-state index is 8.91. The SMILES string of the molecule is Cc1ccccc1C(C)Nc1cccc(CCCO)c1. The van der Waals surface area contributed by atoms with Crippen LogP contribution in [0, 0.1) is 6.92 Å². The first-order valence-corrected chi connectivity index (χ1v) is 7.22. The van der Waals surface area contributed by atoms with Crippen molar-refractivity contribution in [3.8, 4) is 0 Å². The second-order valence-electron chi connectivity index (χ2n) is 5.25. The number of nitrogens with one attached hydrogen (secondary N) is 1. The highest BCUT2D eigenvalue weighted by Crippen LogP contribution is 2.22. The Hall–Kier alpha value is -1.80. The van der Waals surface area contributed by atoms with Crippen LogP contribution in [0.15, 0.2) is 48.5 Å². The van der Waals surface area contributed by atoms with Gasteiger partial charge in [0.05, 0.1) is 0 Å². The van der Waals surface area contributed by atoms with Crippen LogP contribution in [-0.2, 0) is 6.42 Å². The lowest BCUT2D eigenvalue weighted by molar-refractivity contribution is 0.288. The van der Waals surface area contributed by atoms with E-state index in [9.17, 15) is 0 Å². The molecule has 0 saturated carbocycles. The van der Waals surface area contributed by atoms with Crippen LogP contribution < -0.4 is 5.32 Å². The van der Waals surface area contributed by atoms with Crippen molar-refractivity contribution in [2.75, 3.05) is 11.9 Å². The highest BCUT2D eigenvalue weighted by atomic mass is 16.2. The molecule has 0 radical (unpaired) electrons. The van der Waals surface area contributed by atoms with E-state index in [4.69, 9.17) is 5.11 Å². The van der Waals surface area contributed by atoms with Gasteiger partial charge in [-0.05, 0) is 55.5 Å². The van der Waals surface area contributed by atoms with E-state index in [-0.39, 0.29) is 12.6 Å². The molecule has 0 aliphatic heterocycles. The maximum Gasteiger partial charge on any atom is 0.0488 e. The molecule has 0 aliphatic rings. The zero-order valence-corrected chi connectivity index (χ0v) is 12.3. The largest absolute Gasteiger partial charge is 0.396 e. The van der Waals surface area contributed by atoms with E-state index >= 15 is 0 Å². The Morgan fingerprint density at radius 2 is 1.90 bits per heavy atom. The predicted molar refractivity (Wildman–Crippen MR) is 85.1 cm³/mol. The molecule has 0 heterocycles. The van der Waals surface area contributed by atoms with Crippen LogP contribution >= 0.6 is 0 Å². The Labute approximate surface area is 121 Å². The van der Waals surface area contributed by atoms with E-state index in [0.717, 1.165) is 18.5 Å². The minimum atomic E-state index is 0.247. The molecular weight excluding hydrogens is 246 g/mol. The zero-order valence-electron chi connectivity index (χ0n) is 12.3. The quantitative estimate of drug-likeness (QED) is 0.827. The minimum absolute atomic E-state index is 0.247. The second kappa shape index (κ2) is 7.11. The van der Waals surface area contributed by atoms with Gasteiger partial charge in [0.2, 0.25) is 0 Å². The third-order valence-corrected chi connectivity index (χ3v) is 3.59. The number of aliphatic hydroxyl groups excluding tert-OH is 1. The van der Waals surface area contributed by atoms with Crippen molar-refractivity contribution in [2.45, 2.75) is 32.7 Å². The molecule has 2 aromatic rings. The summed E-state index contributed by atoms with van der Waals surface area (Å²) in [4.78, 5) is 0. The van der Waals surface area contributed by atoms with E-state index in [1.165, 1.54) is 16.7 Å². The molecule has 2 N–H and O–H groups in total. The average molecular weight is 269 g/mol. The van der Waals surface area contributed by atoms with Crippen molar-refractivity contribution in [1.29, 1.82) is 0 Å². The van der Waals surface area contributed by atoms with Gasteiger partial charge in [-0.2, -0.15) is 0 Å². The summed E-state index contributed by atoms with van der Waals surface area (Å²) in [6, 6.07) is 17.2. The van der Waals surface area contributed by atoms with Gasteiger partial charge in [0.25, 0.3) is 0 Å². The zero-order chi connectivity index (χ0) is 14.4. The van der Waals surface area contributed by atoms with Crippen molar-refractivity contribution >= 4 is 5.69 Å².